The van der Waals surface area contributed by atoms with Crippen molar-refractivity contribution in [1.29, 1.82) is 0 Å². The molecule has 0 atom stereocenters. The molecule has 1 fully saturated rings. The van der Waals surface area contributed by atoms with Gasteiger partial charge in [-0.05, 0) is 17.7 Å². The summed E-state index contributed by atoms with van der Waals surface area (Å²) in [5.41, 5.74) is 0.943. The van der Waals surface area contributed by atoms with Crippen molar-refractivity contribution in [3.8, 4) is 0 Å². The molecule has 80 valence electrons. The fourth-order valence-corrected chi connectivity index (χ4v) is 1.44. The lowest BCUT2D eigenvalue weighted by molar-refractivity contribution is -0.171. The Balaban J connectivity index is 1.84. The Morgan fingerprint density at radius 1 is 1.40 bits per heavy atom. The van der Waals surface area contributed by atoms with E-state index in [-0.39, 0.29) is 12.1 Å². The van der Waals surface area contributed by atoms with Crippen molar-refractivity contribution < 1.29 is 14.3 Å². The van der Waals surface area contributed by atoms with E-state index in [9.17, 15) is 4.79 Å². The van der Waals surface area contributed by atoms with Crippen molar-refractivity contribution in [3.05, 3.63) is 29.8 Å². The fourth-order valence-electron chi connectivity index (χ4n) is 1.29. The van der Waals surface area contributed by atoms with Crippen LogP contribution in [0, 0.1) is 0 Å². The van der Waals surface area contributed by atoms with E-state index in [2.05, 4.69) is 12.6 Å². The summed E-state index contributed by atoms with van der Waals surface area (Å²) in [6, 6.07) is 7.47. The van der Waals surface area contributed by atoms with Crippen LogP contribution in [0.2, 0.25) is 0 Å². The molecule has 0 bridgehead atoms. The highest BCUT2D eigenvalue weighted by molar-refractivity contribution is 7.80. The molecule has 0 N–H and O–H groups in total. The zero-order valence-corrected chi connectivity index (χ0v) is 9.07. The first-order valence-electron chi connectivity index (χ1n) is 4.79. The second-order valence-electron chi connectivity index (χ2n) is 3.49. The van der Waals surface area contributed by atoms with Gasteiger partial charge >= 0.3 is 5.97 Å². The van der Waals surface area contributed by atoms with Gasteiger partial charge in [-0.25, -0.2) is 0 Å². The Morgan fingerprint density at radius 3 is 2.60 bits per heavy atom. The van der Waals surface area contributed by atoms with E-state index < -0.39 is 0 Å². The molecule has 0 aromatic heterocycles. The van der Waals surface area contributed by atoms with Gasteiger partial charge in [0.15, 0.2) is 0 Å². The van der Waals surface area contributed by atoms with E-state index in [1.807, 2.05) is 24.3 Å². The van der Waals surface area contributed by atoms with Crippen LogP contribution in [0.15, 0.2) is 29.2 Å². The van der Waals surface area contributed by atoms with Crippen LogP contribution in [0.5, 0.6) is 0 Å². The number of rotatable bonds is 3. The van der Waals surface area contributed by atoms with E-state index in [1.54, 1.807) is 0 Å². The first kappa shape index (κ1) is 10.5. The summed E-state index contributed by atoms with van der Waals surface area (Å²) in [4.78, 5) is 12.3. The monoisotopic (exact) mass is 224 g/mol. The van der Waals surface area contributed by atoms with Crippen molar-refractivity contribution in [2.45, 2.75) is 17.4 Å². The van der Waals surface area contributed by atoms with Crippen molar-refractivity contribution in [1.82, 2.24) is 0 Å². The number of carbonyl (C=O) groups is 1. The zero-order chi connectivity index (χ0) is 10.7. The van der Waals surface area contributed by atoms with E-state index in [0.29, 0.717) is 19.6 Å². The maximum Gasteiger partial charge on any atom is 0.310 e. The average molecular weight is 224 g/mol. The van der Waals surface area contributed by atoms with Crippen molar-refractivity contribution in [2.24, 2.45) is 0 Å². The van der Waals surface area contributed by atoms with Crippen LogP contribution in [0.4, 0.5) is 0 Å². The van der Waals surface area contributed by atoms with Gasteiger partial charge in [0, 0.05) is 4.90 Å². The molecule has 0 unspecified atom stereocenters. The molecule has 3 nitrogen and oxygen atoms in total. The topological polar surface area (TPSA) is 35.5 Å². The number of ether oxygens (including phenoxy) is 2. The van der Waals surface area contributed by atoms with Gasteiger partial charge in [-0.2, -0.15) is 0 Å². The predicted molar refractivity (Wildman–Crippen MR) is 58.1 cm³/mol. The minimum absolute atomic E-state index is 0.0401. The van der Waals surface area contributed by atoms with Gasteiger partial charge in [0.2, 0.25) is 0 Å². The Kier molecular flexibility index (Phi) is 3.28. The minimum atomic E-state index is -0.199. The molecule has 2 rings (SSSR count). The molecule has 0 spiro atoms. The van der Waals surface area contributed by atoms with Gasteiger partial charge in [0.05, 0.1) is 19.6 Å². The van der Waals surface area contributed by atoms with E-state index in [0.717, 1.165) is 10.5 Å². The molecule has 4 heteroatoms. The number of hydrogen-bond acceptors (Lipinski definition) is 4. The SMILES string of the molecule is O=C(Cc1ccc(S)cc1)OC1COC1. The number of thiol groups is 1. The second-order valence-corrected chi connectivity index (χ2v) is 4.01. The second kappa shape index (κ2) is 4.68. The smallest absolute Gasteiger partial charge is 0.310 e. The lowest BCUT2D eigenvalue weighted by atomic mass is 10.1. The third kappa shape index (κ3) is 2.97. The molecular weight excluding hydrogens is 212 g/mol. The molecule has 1 aliphatic heterocycles. The summed E-state index contributed by atoms with van der Waals surface area (Å²) in [6.07, 6.45) is 0.270. The van der Waals surface area contributed by atoms with Crippen LogP contribution in [-0.2, 0) is 20.7 Å². The molecule has 1 heterocycles. The molecule has 1 aromatic carbocycles. The van der Waals surface area contributed by atoms with Gasteiger partial charge in [-0.3, -0.25) is 4.79 Å². The van der Waals surface area contributed by atoms with Crippen LogP contribution in [0.25, 0.3) is 0 Å². The fraction of sp³-hybridized carbons (Fsp3) is 0.364. The van der Waals surface area contributed by atoms with Gasteiger partial charge in [0.1, 0.15) is 6.10 Å². The summed E-state index contributed by atoms with van der Waals surface area (Å²) in [7, 11) is 0. The summed E-state index contributed by atoms with van der Waals surface area (Å²) >= 11 is 4.17. The molecule has 0 amide bonds. The highest BCUT2D eigenvalue weighted by Gasteiger charge is 2.22. The molecule has 0 saturated carbocycles. The van der Waals surface area contributed by atoms with Gasteiger partial charge in [-0.15, -0.1) is 12.6 Å². The summed E-state index contributed by atoms with van der Waals surface area (Å²) < 4.78 is 10.1. The lowest BCUT2D eigenvalue weighted by Gasteiger charge is -2.25. The standard InChI is InChI=1S/C11H12O3S/c12-11(14-9-6-13-7-9)5-8-1-3-10(15)4-2-8/h1-4,9,15H,5-7H2. The van der Waals surface area contributed by atoms with Crippen molar-refractivity contribution >= 4 is 18.6 Å². The lowest BCUT2D eigenvalue weighted by Crippen LogP contribution is -2.38. The van der Waals surface area contributed by atoms with E-state index >= 15 is 0 Å². The van der Waals surface area contributed by atoms with Gasteiger partial charge in [-0.1, -0.05) is 12.1 Å². The number of esters is 1. The molecule has 1 aliphatic rings. The zero-order valence-electron chi connectivity index (χ0n) is 8.18. The summed E-state index contributed by atoms with van der Waals surface area (Å²) in [5.74, 6) is -0.199. The predicted octanol–water partition coefficient (Wildman–Crippen LogP) is 1.46. The van der Waals surface area contributed by atoms with Gasteiger partial charge < -0.3 is 9.47 Å². The van der Waals surface area contributed by atoms with Gasteiger partial charge in [0.25, 0.3) is 0 Å². The summed E-state index contributed by atoms with van der Waals surface area (Å²) in [6.45, 7) is 1.06. The molecular formula is C11H12O3S. The Labute approximate surface area is 93.8 Å². The van der Waals surface area contributed by atoms with Crippen LogP contribution >= 0.6 is 12.6 Å². The van der Waals surface area contributed by atoms with E-state index in [1.165, 1.54) is 0 Å². The molecule has 15 heavy (non-hydrogen) atoms. The highest BCUT2D eigenvalue weighted by atomic mass is 32.1. The Bertz CT molecular complexity index is 343. The minimum Gasteiger partial charge on any atom is -0.457 e. The van der Waals surface area contributed by atoms with Crippen LogP contribution < -0.4 is 0 Å². The Morgan fingerprint density at radius 2 is 2.07 bits per heavy atom. The quantitative estimate of drug-likeness (QED) is 0.623. The maximum atomic E-state index is 11.4. The highest BCUT2D eigenvalue weighted by Crippen LogP contribution is 2.11. The first-order chi connectivity index (χ1) is 7.24. The first-order valence-corrected chi connectivity index (χ1v) is 5.24. The maximum absolute atomic E-state index is 11.4. The largest absolute Gasteiger partial charge is 0.457 e. The third-order valence-electron chi connectivity index (χ3n) is 2.19. The Hall–Kier alpha value is -1.00. The van der Waals surface area contributed by atoms with Crippen molar-refractivity contribution in [2.75, 3.05) is 13.2 Å². The number of benzene rings is 1. The van der Waals surface area contributed by atoms with Crippen LogP contribution in [-0.4, -0.2) is 25.3 Å². The molecule has 0 aliphatic carbocycles. The molecule has 1 saturated heterocycles. The van der Waals surface area contributed by atoms with Crippen LogP contribution in [0.3, 0.4) is 0 Å². The summed E-state index contributed by atoms with van der Waals surface area (Å²) in [5, 5.41) is 0. The number of hydrogen-bond donors (Lipinski definition) is 1. The number of carbonyl (C=O) groups excluding carboxylic acids is 1. The average Bonchev–Trinajstić information content (AvgIpc) is 2.16. The normalized spacial score (nSPS) is 15.8. The molecule has 0 radical (unpaired) electrons. The molecule has 1 aromatic rings. The van der Waals surface area contributed by atoms with E-state index in [4.69, 9.17) is 9.47 Å². The van der Waals surface area contributed by atoms with Crippen LogP contribution in [0.1, 0.15) is 5.56 Å². The van der Waals surface area contributed by atoms with Crippen molar-refractivity contribution in [3.63, 3.8) is 0 Å². The third-order valence-corrected chi connectivity index (χ3v) is 2.49.